The molecule has 2 bridgehead atoms. The molecule has 0 amide bonds. The Labute approximate surface area is 206 Å². The Morgan fingerprint density at radius 2 is 1.65 bits per heavy atom. The van der Waals surface area contributed by atoms with Crippen LogP contribution in [0.3, 0.4) is 0 Å². The van der Waals surface area contributed by atoms with E-state index >= 15 is 0 Å². The molecule has 4 saturated carbocycles. The number of rotatable bonds is 1. The number of ether oxygens (including phenoxy) is 1. The number of fused-ring (bicyclic) bond motifs is 5. The summed E-state index contributed by atoms with van der Waals surface area (Å²) in [5.74, 6) is 2.29. The van der Waals surface area contributed by atoms with E-state index in [-0.39, 0.29) is 28.1 Å². The van der Waals surface area contributed by atoms with Gasteiger partial charge in [-0.15, -0.1) is 0 Å². The molecular weight excluding hydrogens is 424 g/mol. The third kappa shape index (κ3) is 2.50. The first kappa shape index (κ1) is 23.9. The van der Waals surface area contributed by atoms with Crippen molar-refractivity contribution in [3.63, 3.8) is 0 Å². The Kier molecular flexibility index (Phi) is 4.87. The molecule has 5 aliphatic carbocycles. The molecule has 12 atom stereocenters. The van der Waals surface area contributed by atoms with Crippen LogP contribution in [0.2, 0.25) is 0 Å². The van der Waals surface area contributed by atoms with Gasteiger partial charge in [-0.1, -0.05) is 60.1 Å². The molecule has 1 heterocycles. The van der Waals surface area contributed by atoms with Gasteiger partial charge in [-0.3, -0.25) is 0 Å². The van der Waals surface area contributed by atoms with Gasteiger partial charge in [0.2, 0.25) is 0 Å². The van der Waals surface area contributed by atoms with Crippen LogP contribution in [0.5, 0.6) is 0 Å². The van der Waals surface area contributed by atoms with Gasteiger partial charge in [0, 0.05) is 11.3 Å². The van der Waals surface area contributed by atoms with Crippen LogP contribution in [0.15, 0.2) is 11.6 Å². The molecule has 0 aromatic carbocycles. The first-order valence-electron chi connectivity index (χ1n) is 14.1. The SMILES string of the molecule is CC(C)[C@@H]1C[C@H]2OC[C@]13CC[C@@]1(C)[C@H]4C(=CC[C@]1(C)C23)[C@@]1(C)C[C@@H](O)[C@H](O)C(C)(C)C1C[C@@H]4O. The monoisotopic (exact) mass is 472 g/mol. The lowest BCUT2D eigenvalue weighted by molar-refractivity contribution is -0.207. The fourth-order valence-electron chi connectivity index (χ4n) is 11.7. The van der Waals surface area contributed by atoms with E-state index in [0.29, 0.717) is 36.2 Å². The molecule has 3 N–H and O–H groups in total. The van der Waals surface area contributed by atoms with E-state index in [1.807, 2.05) is 0 Å². The lowest BCUT2D eigenvalue weighted by atomic mass is 9.35. The lowest BCUT2D eigenvalue weighted by Gasteiger charge is -2.69. The molecule has 2 unspecified atom stereocenters. The Morgan fingerprint density at radius 1 is 0.941 bits per heavy atom. The molecule has 1 saturated heterocycles. The summed E-state index contributed by atoms with van der Waals surface area (Å²) in [6, 6.07) is 0. The summed E-state index contributed by atoms with van der Waals surface area (Å²) in [6.07, 6.45) is 6.93. The largest absolute Gasteiger partial charge is 0.392 e. The quantitative estimate of drug-likeness (QED) is 0.472. The van der Waals surface area contributed by atoms with E-state index in [0.717, 1.165) is 25.4 Å². The van der Waals surface area contributed by atoms with Crippen molar-refractivity contribution in [2.45, 2.75) is 111 Å². The second-order valence-corrected chi connectivity index (χ2v) is 15.1. The highest BCUT2D eigenvalue weighted by Gasteiger charge is 2.75. The molecule has 0 radical (unpaired) electrons. The Bertz CT molecular complexity index is 909. The van der Waals surface area contributed by atoms with Crippen LogP contribution in [0, 0.1) is 56.7 Å². The van der Waals surface area contributed by atoms with Crippen molar-refractivity contribution in [3.8, 4) is 0 Å². The van der Waals surface area contributed by atoms with Crippen molar-refractivity contribution in [1.29, 1.82) is 0 Å². The maximum Gasteiger partial charge on any atom is 0.0853 e. The minimum absolute atomic E-state index is 0.0155. The second-order valence-electron chi connectivity index (χ2n) is 15.1. The van der Waals surface area contributed by atoms with Crippen LogP contribution in [-0.2, 0) is 4.74 Å². The van der Waals surface area contributed by atoms with Crippen molar-refractivity contribution < 1.29 is 20.1 Å². The first-order chi connectivity index (χ1) is 15.7. The zero-order valence-corrected chi connectivity index (χ0v) is 22.5. The van der Waals surface area contributed by atoms with Gasteiger partial charge in [0.15, 0.2) is 0 Å². The Balaban J connectivity index is 1.46. The fraction of sp³-hybridized carbons (Fsp3) is 0.933. The van der Waals surface area contributed by atoms with E-state index < -0.39 is 23.7 Å². The van der Waals surface area contributed by atoms with Gasteiger partial charge >= 0.3 is 0 Å². The third-order valence-corrected chi connectivity index (χ3v) is 13.4. The maximum absolute atomic E-state index is 11.9. The van der Waals surface area contributed by atoms with Gasteiger partial charge in [0.25, 0.3) is 0 Å². The predicted octanol–water partition coefficient (Wildman–Crippen LogP) is 4.96. The minimum Gasteiger partial charge on any atom is -0.392 e. The molecule has 4 heteroatoms. The van der Waals surface area contributed by atoms with Crippen molar-refractivity contribution >= 4 is 0 Å². The zero-order valence-electron chi connectivity index (χ0n) is 22.5. The van der Waals surface area contributed by atoms with E-state index in [4.69, 9.17) is 4.74 Å². The van der Waals surface area contributed by atoms with Crippen molar-refractivity contribution in [2.24, 2.45) is 56.7 Å². The topological polar surface area (TPSA) is 69.9 Å². The Hall–Kier alpha value is -0.420. The van der Waals surface area contributed by atoms with Crippen LogP contribution >= 0.6 is 0 Å². The van der Waals surface area contributed by atoms with E-state index in [9.17, 15) is 15.3 Å². The smallest absolute Gasteiger partial charge is 0.0853 e. The Morgan fingerprint density at radius 3 is 2.32 bits per heavy atom. The highest BCUT2D eigenvalue weighted by atomic mass is 16.5. The van der Waals surface area contributed by atoms with Crippen LogP contribution < -0.4 is 0 Å². The maximum atomic E-state index is 11.9. The summed E-state index contributed by atoms with van der Waals surface area (Å²) in [5.41, 5.74) is 1.20. The molecule has 34 heavy (non-hydrogen) atoms. The molecule has 6 aliphatic rings. The van der Waals surface area contributed by atoms with Crippen molar-refractivity contribution in [1.82, 2.24) is 0 Å². The molecule has 1 aliphatic heterocycles. The number of allylic oxidation sites excluding steroid dienone is 1. The second kappa shape index (κ2) is 6.91. The predicted molar refractivity (Wildman–Crippen MR) is 133 cm³/mol. The van der Waals surface area contributed by atoms with Gasteiger partial charge in [0.1, 0.15) is 0 Å². The van der Waals surface area contributed by atoms with Crippen LogP contribution in [0.4, 0.5) is 0 Å². The van der Waals surface area contributed by atoms with E-state index in [2.05, 4.69) is 54.5 Å². The van der Waals surface area contributed by atoms with Gasteiger partial charge in [0.05, 0.1) is 31.0 Å². The van der Waals surface area contributed by atoms with E-state index in [1.54, 1.807) is 0 Å². The van der Waals surface area contributed by atoms with Gasteiger partial charge < -0.3 is 20.1 Å². The molecule has 0 spiro atoms. The van der Waals surface area contributed by atoms with Gasteiger partial charge in [-0.25, -0.2) is 0 Å². The molecule has 4 nitrogen and oxygen atoms in total. The zero-order chi connectivity index (χ0) is 24.6. The average Bonchev–Trinajstić information content (AvgIpc) is 3.30. The highest BCUT2D eigenvalue weighted by molar-refractivity contribution is 5.36. The van der Waals surface area contributed by atoms with Crippen LogP contribution in [0.1, 0.15) is 87.0 Å². The number of aliphatic hydroxyl groups is 3. The minimum atomic E-state index is -0.742. The van der Waals surface area contributed by atoms with Crippen LogP contribution in [-0.4, -0.2) is 46.3 Å². The van der Waals surface area contributed by atoms with Gasteiger partial charge in [-0.2, -0.15) is 0 Å². The standard InChI is InChI=1S/C30H48O4/c1-16(2)18-12-21-24-29(7)9-8-17-23(28(29,6)10-11-30(18,24)15-34-21)19(31)13-22-26(3,4)25(33)20(32)14-27(17,22)5/h8,16,18-25,31-33H,9-15H2,1-7H3/t18-,19-,20+,21+,22?,23-,24?,25-,27+,28-,29+,30+/m0/s1. The summed E-state index contributed by atoms with van der Waals surface area (Å²) < 4.78 is 6.51. The molecule has 5 fully saturated rings. The molecular formula is C30H48O4. The number of hydrogen-bond acceptors (Lipinski definition) is 4. The molecule has 6 rings (SSSR count). The average molecular weight is 473 g/mol. The van der Waals surface area contributed by atoms with Crippen molar-refractivity contribution in [2.75, 3.05) is 6.61 Å². The fourth-order valence-corrected chi connectivity index (χ4v) is 11.7. The normalized spacial score (nSPS) is 59.7. The number of aliphatic hydroxyl groups excluding tert-OH is 3. The summed E-state index contributed by atoms with van der Waals surface area (Å²) >= 11 is 0. The summed E-state index contributed by atoms with van der Waals surface area (Å²) in [4.78, 5) is 0. The van der Waals surface area contributed by atoms with Gasteiger partial charge in [-0.05, 0) is 83.9 Å². The highest BCUT2D eigenvalue weighted by Crippen LogP contribution is 2.78. The van der Waals surface area contributed by atoms with Crippen molar-refractivity contribution in [3.05, 3.63) is 11.6 Å². The number of hydrogen-bond donors (Lipinski definition) is 3. The summed E-state index contributed by atoms with van der Waals surface area (Å²) in [5, 5.41) is 33.7. The lowest BCUT2D eigenvalue weighted by Crippen LogP contribution is -2.67. The summed E-state index contributed by atoms with van der Waals surface area (Å²) in [6.45, 7) is 17.3. The molecule has 0 aromatic heterocycles. The summed E-state index contributed by atoms with van der Waals surface area (Å²) in [7, 11) is 0. The van der Waals surface area contributed by atoms with Crippen LogP contribution in [0.25, 0.3) is 0 Å². The molecule has 192 valence electrons. The molecule has 0 aromatic rings. The first-order valence-corrected chi connectivity index (χ1v) is 14.1. The van der Waals surface area contributed by atoms with E-state index in [1.165, 1.54) is 18.4 Å². The third-order valence-electron chi connectivity index (χ3n) is 13.4.